The van der Waals surface area contributed by atoms with Gasteiger partial charge in [-0.05, 0) is 13.3 Å². The average Bonchev–Trinajstić information content (AvgIpc) is 2.51. The van der Waals surface area contributed by atoms with E-state index in [1.807, 2.05) is 14.1 Å². The maximum atomic E-state index is 10.9. The summed E-state index contributed by atoms with van der Waals surface area (Å²) in [7, 11) is -8.12. The van der Waals surface area contributed by atoms with Gasteiger partial charge >= 0.3 is 30.8 Å². The van der Waals surface area contributed by atoms with E-state index in [-0.39, 0.29) is 61.7 Å². The van der Waals surface area contributed by atoms with Gasteiger partial charge in [0.15, 0.2) is 25.9 Å². The number of carbonyl (C=O) groups excluding carboxylic acids is 1. The zero-order chi connectivity index (χ0) is 25.5. The Morgan fingerprint density at radius 3 is 1.24 bits per heavy atom. The van der Waals surface area contributed by atoms with E-state index in [0.29, 0.717) is 6.42 Å². The van der Waals surface area contributed by atoms with Crippen LogP contribution in [-0.2, 0) is 44.8 Å². The quantitative estimate of drug-likeness (QED) is 0.119. The van der Waals surface area contributed by atoms with Gasteiger partial charge in [0.25, 0.3) is 0 Å². The first-order valence-electron chi connectivity index (χ1n) is 7.89. The van der Waals surface area contributed by atoms with Crippen molar-refractivity contribution in [2.75, 3.05) is 14.1 Å². The van der Waals surface area contributed by atoms with Crippen molar-refractivity contribution in [1.82, 2.24) is 30.8 Å². The van der Waals surface area contributed by atoms with E-state index in [4.69, 9.17) is 25.9 Å². The van der Waals surface area contributed by atoms with E-state index < -0.39 is 31.3 Å². The van der Waals surface area contributed by atoms with Gasteiger partial charge in [-0.2, -0.15) is 26.3 Å². The fourth-order valence-electron chi connectivity index (χ4n) is 1.57. The Hall–Kier alpha value is -1.34. The minimum absolute atomic E-state index is 0. The van der Waals surface area contributed by atoms with Crippen molar-refractivity contribution >= 4 is 31.7 Å². The Labute approximate surface area is 225 Å². The summed E-state index contributed by atoms with van der Waals surface area (Å²) >= 11 is 0. The van der Waals surface area contributed by atoms with Crippen LogP contribution in [0.25, 0.3) is 0 Å². The Kier molecular flexibility index (Phi) is 31.2. The van der Waals surface area contributed by atoms with Crippen molar-refractivity contribution in [2.45, 2.75) is 37.7 Å². The third kappa shape index (κ3) is 24.7. The van der Waals surface area contributed by atoms with Crippen molar-refractivity contribution in [3.05, 3.63) is 24.3 Å². The summed E-state index contributed by atoms with van der Waals surface area (Å²) in [4.78, 5) is 10.9. The summed E-state index contributed by atoms with van der Waals surface area (Å²) in [6, 6.07) is 0. The van der Waals surface area contributed by atoms with E-state index in [0.717, 1.165) is 6.42 Å². The first-order valence-corrected chi connectivity index (χ1v) is 10.7. The van der Waals surface area contributed by atoms with E-state index in [1.165, 1.54) is 5.71 Å². The molecule has 13 nitrogen and oxygen atoms in total. The fraction of sp³-hybridized carbons (Fsp3) is 0.600. The fourth-order valence-corrected chi connectivity index (χ4v) is 1.57. The number of allylic oxidation sites excluding steroid dienone is 4. The molecule has 0 atom stereocenters. The minimum atomic E-state index is -6.09. The second-order valence-corrected chi connectivity index (χ2v) is 9.24. The normalized spacial score (nSPS) is 15.9. The molecule has 37 heavy (non-hydrogen) atoms. The van der Waals surface area contributed by atoms with E-state index >= 15 is 0 Å². The van der Waals surface area contributed by atoms with Gasteiger partial charge in [0.1, 0.15) is 19.9 Å². The minimum Gasteiger partial charge on any atom is -0.741 e. The zero-order valence-corrected chi connectivity index (χ0v) is 24.7. The van der Waals surface area contributed by atoms with E-state index in [1.54, 1.807) is 6.92 Å². The molecule has 0 spiro atoms. The SMILES string of the molecule is CC(=O)CCC1(C)C=CC(=[N+](C)C)C=C1.N.N.N.N.N.O=S(=O)([O-])C(F)(F)F.O=S(=O)([O-])C(F)(F)F.[Os+2]. The molecular formula is C15H35F6N6O7OsS2+. The average molecular weight is 780 g/mol. The summed E-state index contributed by atoms with van der Waals surface area (Å²) in [6.45, 7) is 3.81. The maximum absolute atomic E-state index is 10.9. The summed E-state index contributed by atoms with van der Waals surface area (Å²) in [6.07, 6.45) is 10.2. The van der Waals surface area contributed by atoms with E-state index in [2.05, 4.69) is 35.8 Å². The number of hydrogen-bond acceptors (Lipinski definition) is 12. The van der Waals surface area contributed by atoms with Gasteiger partial charge in [0, 0.05) is 24.0 Å². The Bertz CT molecular complexity index is 892. The van der Waals surface area contributed by atoms with Gasteiger partial charge < -0.3 is 44.7 Å². The Balaban J connectivity index is -0.0000000563. The first kappa shape index (κ1) is 56.0. The number of carbonyl (C=O) groups is 1. The number of alkyl halides is 6. The molecule has 0 fully saturated rings. The topological polar surface area (TPSA) is 309 Å². The molecule has 0 bridgehead atoms. The van der Waals surface area contributed by atoms with Crippen LogP contribution in [0.15, 0.2) is 24.3 Å². The van der Waals surface area contributed by atoms with Gasteiger partial charge in [-0.15, -0.1) is 0 Å². The molecule has 0 saturated carbocycles. The van der Waals surface area contributed by atoms with Crippen LogP contribution in [0.2, 0.25) is 0 Å². The molecule has 0 aliphatic heterocycles. The van der Waals surface area contributed by atoms with Crippen LogP contribution < -0.4 is 30.8 Å². The smallest absolute Gasteiger partial charge is 0.741 e. The largest absolute Gasteiger partial charge is 2.00 e. The van der Waals surface area contributed by atoms with E-state index in [9.17, 15) is 31.1 Å². The van der Waals surface area contributed by atoms with Crippen LogP contribution in [0, 0.1) is 5.41 Å². The van der Waals surface area contributed by atoms with Gasteiger partial charge in [-0.3, -0.25) is 0 Å². The van der Waals surface area contributed by atoms with Crippen molar-refractivity contribution < 1.29 is 81.4 Å². The monoisotopic (exact) mass is 781 g/mol. The third-order valence-electron chi connectivity index (χ3n) is 3.37. The molecule has 1 aliphatic rings. The third-order valence-corrected chi connectivity index (χ3v) is 4.50. The molecule has 0 radical (unpaired) electrons. The Morgan fingerprint density at radius 2 is 1.08 bits per heavy atom. The van der Waals surface area contributed by atoms with Crippen molar-refractivity contribution in [2.24, 2.45) is 5.41 Å². The van der Waals surface area contributed by atoms with Crippen LogP contribution in [0.5, 0.6) is 0 Å². The molecule has 0 aromatic carbocycles. The summed E-state index contributed by atoms with van der Waals surface area (Å²) in [5.74, 6) is 0.264. The molecular weight excluding hydrogens is 745 g/mol. The molecule has 0 heterocycles. The molecule has 0 unspecified atom stereocenters. The molecule has 22 heteroatoms. The van der Waals surface area contributed by atoms with Gasteiger partial charge in [-0.1, -0.05) is 19.1 Å². The van der Waals surface area contributed by atoms with Crippen LogP contribution in [0.4, 0.5) is 26.3 Å². The Morgan fingerprint density at radius 1 is 0.838 bits per heavy atom. The van der Waals surface area contributed by atoms with Crippen LogP contribution in [0.3, 0.4) is 0 Å². The van der Waals surface area contributed by atoms with Gasteiger partial charge in [-0.25, -0.2) is 21.4 Å². The maximum Gasteiger partial charge on any atom is 2.00 e. The standard InChI is InChI=1S/C13H20NO.2CHF3O3S.5H3N.Os/c1-11(15)5-8-13(2)9-6-12(7-10-13)14(3)4;2*2-1(3,4)8(5,6)7;;;;;;/h6-7,9-10H,5,8H2,1-4H3;2*(H,5,6,7);5*1H3;/q+1;;;;;;;;+2/p-2. The van der Waals surface area contributed by atoms with Crippen LogP contribution in [-0.4, -0.2) is 67.1 Å². The first-order chi connectivity index (χ1) is 13.4. The zero-order valence-electron chi connectivity index (χ0n) is 20.5. The number of ketones is 1. The molecule has 0 saturated heterocycles. The van der Waals surface area contributed by atoms with Crippen LogP contribution >= 0.6 is 0 Å². The molecule has 0 amide bonds. The number of nitrogens with zero attached hydrogens (tertiary/aromatic N) is 1. The molecule has 1 rings (SSSR count). The van der Waals surface area contributed by atoms with Crippen molar-refractivity contribution in [3.63, 3.8) is 0 Å². The second-order valence-electron chi connectivity index (χ2n) is 6.49. The van der Waals surface area contributed by atoms with Gasteiger partial charge in [0.05, 0.1) is 0 Å². The summed E-state index contributed by atoms with van der Waals surface area (Å²) in [5.41, 5.74) is -10.0. The van der Waals surface area contributed by atoms with Crippen molar-refractivity contribution in [3.8, 4) is 0 Å². The molecule has 228 valence electrons. The van der Waals surface area contributed by atoms with Gasteiger partial charge in [0.2, 0.25) is 0 Å². The molecule has 0 aromatic rings. The molecule has 1 aliphatic carbocycles. The summed E-state index contributed by atoms with van der Waals surface area (Å²) in [5, 5.41) is 0. The number of Topliss-reactive ketones (excluding diaryl/α,β-unsaturated/α-hetero) is 1. The summed E-state index contributed by atoms with van der Waals surface area (Å²) < 4.78 is 120. The number of hydrogen-bond donors (Lipinski definition) is 5. The van der Waals surface area contributed by atoms with Crippen LogP contribution in [0.1, 0.15) is 26.7 Å². The number of rotatable bonds is 3. The molecule has 0 aromatic heterocycles. The second kappa shape index (κ2) is 20.6. The number of halogens is 6. The molecule has 15 N–H and O–H groups in total. The predicted octanol–water partition coefficient (Wildman–Crippen LogP) is 3.11. The predicted molar refractivity (Wildman–Crippen MR) is 120 cm³/mol. The van der Waals surface area contributed by atoms with Crippen molar-refractivity contribution in [1.29, 1.82) is 0 Å².